The summed E-state index contributed by atoms with van der Waals surface area (Å²) in [4.78, 5) is 28.2. The minimum Gasteiger partial charge on any atom is -0.389 e. The molecular formula is C17H21N9O3. The number of amides is 1. The topological polar surface area (TPSA) is 174 Å². The molecule has 12 heteroatoms. The zero-order valence-electron chi connectivity index (χ0n) is 15.7. The molecule has 2 unspecified atom stereocenters. The molecule has 0 aliphatic heterocycles. The maximum absolute atomic E-state index is 12.4. The fourth-order valence-electron chi connectivity index (χ4n) is 4.84. The molecule has 2 aromatic heterocycles. The van der Waals surface area contributed by atoms with Gasteiger partial charge in [0.05, 0.1) is 23.9 Å². The summed E-state index contributed by atoms with van der Waals surface area (Å²) in [5.74, 6) is -0.101. The molecule has 4 N–H and O–H groups in total. The van der Waals surface area contributed by atoms with Crippen molar-refractivity contribution in [2.75, 3.05) is 12.4 Å². The summed E-state index contributed by atoms with van der Waals surface area (Å²) < 4.78 is 1.66. The third kappa shape index (κ3) is 2.43. The first-order chi connectivity index (χ1) is 14.0. The minimum absolute atomic E-state index is 0.0510. The van der Waals surface area contributed by atoms with E-state index in [4.69, 9.17) is 5.53 Å². The van der Waals surface area contributed by atoms with E-state index in [0.717, 1.165) is 19.3 Å². The van der Waals surface area contributed by atoms with Gasteiger partial charge in [-0.05, 0) is 36.3 Å². The van der Waals surface area contributed by atoms with Gasteiger partial charge in [-0.2, -0.15) is 0 Å². The van der Waals surface area contributed by atoms with Crippen molar-refractivity contribution in [1.82, 2.24) is 24.8 Å². The maximum atomic E-state index is 12.4. The van der Waals surface area contributed by atoms with Crippen LogP contribution >= 0.6 is 0 Å². The number of hydrogen-bond acceptors (Lipinski definition) is 8. The van der Waals surface area contributed by atoms with E-state index in [1.165, 1.54) is 13.4 Å². The van der Waals surface area contributed by atoms with Crippen molar-refractivity contribution in [3.63, 3.8) is 0 Å². The molecule has 12 nitrogen and oxygen atoms in total. The van der Waals surface area contributed by atoms with E-state index in [0.29, 0.717) is 23.4 Å². The Bertz CT molecular complexity index is 1040. The molecule has 5 atom stereocenters. The maximum Gasteiger partial charge on any atom is 0.229 e. The van der Waals surface area contributed by atoms with Crippen LogP contribution in [0.2, 0.25) is 0 Å². The standard InChI is InChI=1S/C17H21N9O3/c1-19-15(29)17-5-8(17)10(11(27)12(17)28)26-6-20-9-13(21-7-3-2-4-7)22-16(24-25-18)23-14(9)26/h6-8,10-12,27-28H,2-5H2,1H3,(H,19,29)(H,21,22,23)/t8?,10-,11?,12+,17-/m1/s1. The Morgan fingerprint density at radius 1 is 1.41 bits per heavy atom. The van der Waals surface area contributed by atoms with Gasteiger partial charge in [-0.25, -0.2) is 15.0 Å². The van der Waals surface area contributed by atoms with Crippen LogP contribution in [0.1, 0.15) is 31.7 Å². The summed E-state index contributed by atoms with van der Waals surface area (Å²) in [6.45, 7) is 0. The normalized spacial score (nSPS) is 32.9. The van der Waals surface area contributed by atoms with Gasteiger partial charge in [0.1, 0.15) is 11.6 Å². The number of aromatic nitrogens is 4. The highest BCUT2D eigenvalue weighted by molar-refractivity contribution is 5.88. The van der Waals surface area contributed by atoms with E-state index in [1.807, 2.05) is 0 Å². The summed E-state index contributed by atoms with van der Waals surface area (Å²) in [5.41, 5.74) is 8.71. The SMILES string of the molecule is CNC(=O)[C@]12CC1[C@@H](n1cnc3c(NC4CCC4)nc(N=[N+]=[N-])nc31)C(O)[C@@H]2O. The number of rotatable bonds is 5. The molecule has 0 radical (unpaired) electrons. The molecule has 2 heterocycles. The average molecular weight is 399 g/mol. The monoisotopic (exact) mass is 399 g/mol. The molecule has 3 aliphatic rings. The molecule has 0 bridgehead atoms. The average Bonchev–Trinajstić information content (AvgIpc) is 3.22. The Morgan fingerprint density at radius 3 is 2.86 bits per heavy atom. The molecule has 3 saturated carbocycles. The van der Waals surface area contributed by atoms with Gasteiger partial charge in [0.2, 0.25) is 11.9 Å². The Hall–Kier alpha value is -2.95. The van der Waals surface area contributed by atoms with Crippen LogP contribution in [-0.2, 0) is 4.79 Å². The van der Waals surface area contributed by atoms with Gasteiger partial charge >= 0.3 is 0 Å². The third-order valence-corrected chi connectivity index (χ3v) is 6.63. The first kappa shape index (κ1) is 18.1. The van der Waals surface area contributed by atoms with E-state index in [2.05, 4.69) is 35.6 Å². The fourth-order valence-corrected chi connectivity index (χ4v) is 4.84. The lowest BCUT2D eigenvalue weighted by Crippen LogP contribution is -2.41. The number of nitrogens with zero attached hydrogens (tertiary/aromatic N) is 7. The number of fused-ring (bicyclic) bond motifs is 2. The number of nitrogens with one attached hydrogen (secondary N) is 2. The van der Waals surface area contributed by atoms with E-state index in [1.54, 1.807) is 4.57 Å². The van der Waals surface area contributed by atoms with Crippen LogP contribution in [0.15, 0.2) is 11.4 Å². The molecule has 29 heavy (non-hydrogen) atoms. The van der Waals surface area contributed by atoms with Crippen LogP contribution in [-0.4, -0.2) is 60.9 Å². The lowest BCUT2D eigenvalue weighted by molar-refractivity contribution is -0.132. The molecule has 1 amide bonds. The number of azide groups is 1. The molecule has 0 spiro atoms. The largest absolute Gasteiger partial charge is 0.389 e. The zero-order valence-corrected chi connectivity index (χ0v) is 15.7. The van der Waals surface area contributed by atoms with Gasteiger partial charge in [-0.15, -0.1) is 0 Å². The van der Waals surface area contributed by atoms with E-state index < -0.39 is 23.7 Å². The van der Waals surface area contributed by atoms with Crippen LogP contribution in [0.4, 0.5) is 11.8 Å². The number of anilines is 1. The Morgan fingerprint density at radius 2 is 2.21 bits per heavy atom. The highest BCUT2D eigenvalue weighted by Gasteiger charge is 2.75. The zero-order chi connectivity index (χ0) is 20.3. The van der Waals surface area contributed by atoms with Crippen LogP contribution in [0.5, 0.6) is 0 Å². The molecule has 152 valence electrons. The quantitative estimate of drug-likeness (QED) is 0.326. The summed E-state index contributed by atoms with van der Waals surface area (Å²) >= 11 is 0. The van der Waals surface area contributed by atoms with Gasteiger partial charge in [-0.1, -0.05) is 0 Å². The van der Waals surface area contributed by atoms with Crippen molar-refractivity contribution in [1.29, 1.82) is 0 Å². The van der Waals surface area contributed by atoms with Crippen molar-refractivity contribution < 1.29 is 15.0 Å². The van der Waals surface area contributed by atoms with Crippen LogP contribution in [0.25, 0.3) is 21.6 Å². The molecule has 0 saturated heterocycles. The molecular weight excluding hydrogens is 378 g/mol. The molecule has 2 aromatic rings. The first-order valence-electron chi connectivity index (χ1n) is 9.65. The Kier molecular flexibility index (Phi) is 3.92. The van der Waals surface area contributed by atoms with Gasteiger partial charge in [0.15, 0.2) is 11.5 Å². The highest BCUT2D eigenvalue weighted by atomic mass is 16.3. The van der Waals surface area contributed by atoms with Crippen molar-refractivity contribution in [3.05, 3.63) is 16.8 Å². The number of carbonyl (C=O) groups excluding carboxylic acids is 1. The van der Waals surface area contributed by atoms with Crippen LogP contribution in [0.3, 0.4) is 0 Å². The number of aliphatic hydroxyl groups is 2. The van der Waals surface area contributed by atoms with E-state index in [-0.39, 0.29) is 23.8 Å². The predicted octanol–water partition coefficient (Wildman–Crippen LogP) is 0.761. The first-order valence-corrected chi connectivity index (χ1v) is 9.65. The second kappa shape index (κ2) is 6.28. The lowest BCUT2D eigenvalue weighted by Gasteiger charge is -2.27. The Balaban J connectivity index is 1.59. The second-order valence-corrected chi connectivity index (χ2v) is 8.01. The summed E-state index contributed by atoms with van der Waals surface area (Å²) in [7, 11) is 1.52. The third-order valence-electron chi connectivity index (χ3n) is 6.63. The lowest BCUT2D eigenvalue weighted by atomic mass is 9.93. The smallest absolute Gasteiger partial charge is 0.229 e. The molecule has 0 aromatic carbocycles. The van der Waals surface area contributed by atoms with Crippen LogP contribution in [0, 0.1) is 11.3 Å². The van der Waals surface area contributed by atoms with E-state index >= 15 is 0 Å². The number of hydrogen-bond donors (Lipinski definition) is 4. The predicted molar refractivity (Wildman–Crippen MR) is 101 cm³/mol. The van der Waals surface area contributed by atoms with Crippen molar-refractivity contribution in [2.45, 2.75) is 50.0 Å². The summed E-state index contributed by atoms with van der Waals surface area (Å²) in [5, 5.41) is 30.7. The molecule has 3 aliphatic carbocycles. The molecule has 3 fully saturated rings. The fraction of sp³-hybridized carbons (Fsp3) is 0.647. The van der Waals surface area contributed by atoms with Crippen molar-refractivity contribution in [2.24, 2.45) is 16.4 Å². The van der Waals surface area contributed by atoms with Gasteiger partial charge in [0.25, 0.3) is 0 Å². The number of imidazole rings is 1. The minimum atomic E-state index is -1.18. The van der Waals surface area contributed by atoms with E-state index in [9.17, 15) is 15.0 Å². The van der Waals surface area contributed by atoms with Gasteiger partial charge < -0.3 is 25.4 Å². The number of aliphatic hydroxyl groups excluding tert-OH is 2. The van der Waals surface area contributed by atoms with Gasteiger partial charge in [-0.3, -0.25) is 4.79 Å². The number of carbonyl (C=O) groups is 1. The van der Waals surface area contributed by atoms with Crippen LogP contribution < -0.4 is 10.6 Å². The summed E-state index contributed by atoms with van der Waals surface area (Å²) in [6, 6.07) is -0.293. The van der Waals surface area contributed by atoms with Gasteiger partial charge in [0, 0.05) is 23.9 Å². The second-order valence-electron chi connectivity index (χ2n) is 8.01. The Labute approximate surface area is 165 Å². The molecule has 5 rings (SSSR count). The van der Waals surface area contributed by atoms with Crippen molar-refractivity contribution in [3.8, 4) is 0 Å². The van der Waals surface area contributed by atoms with Crippen molar-refractivity contribution >= 4 is 28.8 Å². The highest BCUT2D eigenvalue weighted by Crippen LogP contribution is 2.67. The summed E-state index contributed by atoms with van der Waals surface area (Å²) in [6.07, 6.45) is 2.85.